The molecule has 0 saturated carbocycles. The highest BCUT2D eigenvalue weighted by atomic mass is 19.1. The molecule has 2 aliphatic heterocycles. The topological polar surface area (TPSA) is 165 Å². The van der Waals surface area contributed by atoms with Crippen LogP contribution in [0.2, 0.25) is 0 Å². The van der Waals surface area contributed by atoms with Gasteiger partial charge in [0.15, 0.2) is 6.29 Å². The maximum absolute atomic E-state index is 15.2. The number of hydrogen-bond donors (Lipinski definition) is 5. The number of anilines is 1. The fourth-order valence-corrected chi connectivity index (χ4v) is 4.81. The summed E-state index contributed by atoms with van der Waals surface area (Å²) in [5.74, 6) is -1.65. The minimum absolute atomic E-state index is 0.0282. The zero-order valence-electron chi connectivity index (χ0n) is 20.5. The summed E-state index contributed by atoms with van der Waals surface area (Å²) in [6.07, 6.45) is -4.96. The standard InChI is InChI=1S/C24H31FN4O8/c1-3-27-10-14(23(35)26-19-22(34)21(33)18(11-30)37-24(19)36)20(32)13-8-15(25)17(9-16(13)27)29-6-4-28(5-7-29)12(2)31/h8-10,18-19,21-22,24,30,33-34,36H,3-7,11H2,1-2H3,(H,26,35)/t18-,19-,21-,22-,24?/m1/s1. The predicted octanol–water partition coefficient (Wildman–Crippen LogP) is -1.64. The predicted molar refractivity (Wildman–Crippen MR) is 130 cm³/mol. The Morgan fingerprint density at radius 1 is 1.14 bits per heavy atom. The lowest BCUT2D eigenvalue weighted by molar-refractivity contribution is -0.252. The zero-order chi connectivity index (χ0) is 27.0. The molecule has 2 aromatic rings. The third-order valence-corrected chi connectivity index (χ3v) is 7.00. The summed E-state index contributed by atoms with van der Waals surface area (Å²) in [6.45, 7) is 4.69. The van der Waals surface area contributed by atoms with Gasteiger partial charge in [-0.05, 0) is 19.1 Å². The van der Waals surface area contributed by atoms with Crippen molar-refractivity contribution >= 4 is 28.4 Å². The SMILES string of the molecule is CCn1cc(C(=O)N[C@H]2C(O)O[C@H](CO)[C@@H](O)[C@@H]2O)c(=O)c2cc(F)c(N3CCN(C(C)=O)CC3)cc21. The summed E-state index contributed by atoms with van der Waals surface area (Å²) in [7, 11) is 0. The van der Waals surface area contributed by atoms with E-state index in [1.807, 2.05) is 0 Å². The molecule has 2 fully saturated rings. The van der Waals surface area contributed by atoms with E-state index in [1.54, 1.807) is 27.4 Å². The van der Waals surface area contributed by atoms with Gasteiger partial charge >= 0.3 is 0 Å². The maximum Gasteiger partial charge on any atom is 0.257 e. The highest BCUT2D eigenvalue weighted by molar-refractivity contribution is 5.98. The van der Waals surface area contributed by atoms with Crippen molar-refractivity contribution in [3.63, 3.8) is 0 Å². The average Bonchev–Trinajstić information content (AvgIpc) is 2.88. The Bertz CT molecular complexity index is 1250. The van der Waals surface area contributed by atoms with E-state index >= 15 is 4.39 Å². The summed E-state index contributed by atoms with van der Waals surface area (Å²) >= 11 is 0. The van der Waals surface area contributed by atoms with Crippen molar-refractivity contribution in [2.45, 2.75) is 51.0 Å². The van der Waals surface area contributed by atoms with Crippen LogP contribution in [0.25, 0.3) is 10.9 Å². The molecule has 13 heteroatoms. The van der Waals surface area contributed by atoms with Crippen molar-refractivity contribution in [1.82, 2.24) is 14.8 Å². The number of aliphatic hydroxyl groups excluding tert-OH is 4. The summed E-state index contributed by atoms with van der Waals surface area (Å²) in [4.78, 5) is 41.3. The molecule has 1 aromatic carbocycles. The quantitative estimate of drug-likeness (QED) is 0.310. The highest BCUT2D eigenvalue weighted by Gasteiger charge is 2.44. The largest absolute Gasteiger partial charge is 0.394 e. The van der Waals surface area contributed by atoms with Crippen molar-refractivity contribution < 1.29 is 39.1 Å². The molecule has 0 aliphatic carbocycles. The van der Waals surface area contributed by atoms with Gasteiger partial charge in [0.2, 0.25) is 11.3 Å². The molecule has 12 nitrogen and oxygen atoms in total. The zero-order valence-corrected chi connectivity index (χ0v) is 20.5. The van der Waals surface area contributed by atoms with E-state index in [0.717, 1.165) is 6.07 Å². The second kappa shape index (κ2) is 10.7. The van der Waals surface area contributed by atoms with Gasteiger partial charge in [-0.2, -0.15) is 0 Å². The fraction of sp³-hybridized carbons (Fsp3) is 0.542. The first-order valence-electron chi connectivity index (χ1n) is 12.1. The number of aryl methyl sites for hydroxylation is 1. The molecular weight excluding hydrogens is 491 g/mol. The van der Waals surface area contributed by atoms with Gasteiger partial charge in [0.1, 0.15) is 35.7 Å². The van der Waals surface area contributed by atoms with Crippen LogP contribution >= 0.6 is 0 Å². The van der Waals surface area contributed by atoms with Gasteiger partial charge in [-0.1, -0.05) is 0 Å². The van der Waals surface area contributed by atoms with E-state index in [1.165, 1.54) is 13.1 Å². The Kier molecular flexibility index (Phi) is 7.80. The first kappa shape index (κ1) is 26.9. The minimum atomic E-state index is -1.75. The lowest BCUT2D eigenvalue weighted by atomic mass is 9.96. The Morgan fingerprint density at radius 3 is 2.41 bits per heavy atom. The molecule has 202 valence electrons. The molecule has 5 N–H and O–H groups in total. The Labute approximate surface area is 211 Å². The highest BCUT2D eigenvalue weighted by Crippen LogP contribution is 2.27. The van der Waals surface area contributed by atoms with Crippen LogP contribution in [0.5, 0.6) is 0 Å². The number of ether oxygens (including phenoxy) is 1. The summed E-state index contributed by atoms with van der Waals surface area (Å²) in [5.41, 5.74) is -0.405. The summed E-state index contributed by atoms with van der Waals surface area (Å²) in [6, 6.07) is 1.15. The summed E-state index contributed by atoms with van der Waals surface area (Å²) < 4.78 is 21.8. The molecule has 0 radical (unpaired) electrons. The van der Waals surface area contributed by atoms with Crippen molar-refractivity contribution in [3.8, 4) is 0 Å². The van der Waals surface area contributed by atoms with Crippen LogP contribution < -0.4 is 15.6 Å². The van der Waals surface area contributed by atoms with E-state index in [0.29, 0.717) is 38.2 Å². The van der Waals surface area contributed by atoms with Crippen molar-refractivity contribution in [1.29, 1.82) is 0 Å². The Balaban J connectivity index is 1.65. The number of nitrogens with one attached hydrogen (secondary N) is 1. The van der Waals surface area contributed by atoms with Gasteiger partial charge in [-0.25, -0.2) is 4.39 Å². The van der Waals surface area contributed by atoms with Gasteiger partial charge < -0.3 is 44.8 Å². The number of benzene rings is 1. The number of aromatic nitrogens is 1. The third kappa shape index (κ3) is 5.05. The molecule has 37 heavy (non-hydrogen) atoms. The number of pyridine rings is 1. The number of aliphatic hydroxyl groups is 4. The number of carbonyl (C=O) groups is 2. The number of amides is 2. The molecule has 1 unspecified atom stereocenters. The lowest BCUT2D eigenvalue weighted by Crippen LogP contribution is -2.64. The second-order valence-corrected chi connectivity index (χ2v) is 9.20. The molecule has 2 saturated heterocycles. The molecule has 3 heterocycles. The van der Waals surface area contributed by atoms with Crippen molar-refractivity contribution in [2.24, 2.45) is 0 Å². The fourth-order valence-electron chi connectivity index (χ4n) is 4.81. The maximum atomic E-state index is 15.2. The van der Waals surface area contributed by atoms with Crippen LogP contribution in [0.3, 0.4) is 0 Å². The number of nitrogens with zero attached hydrogens (tertiary/aromatic N) is 3. The molecule has 0 bridgehead atoms. The number of fused-ring (bicyclic) bond motifs is 1. The van der Waals surface area contributed by atoms with E-state index < -0.39 is 54.4 Å². The molecule has 0 spiro atoms. The number of carbonyl (C=O) groups excluding carboxylic acids is 2. The third-order valence-electron chi connectivity index (χ3n) is 7.00. The lowest BCUT2D eigenvalue weighted by Gasteiger charge is -2.40. The number of piperazine rings is 1. The molecule has 4 rings (SSSR count). The van der Waals surface area contributed by atoms with Crippen LogP contribution in [0.1, 0.15) is 24.2 Å². The monoisotopic (exact) mass is 522 g/mol. The second-order valence-electron chi connectivity index (χ2n) is 9.20. The van der Waals surface area contributed by atoms with E-state index in [-0.39, 0.29) is 22.5 Å². The first-order valence-corrected chi connectivity index (χ1v) is 12.1. The van der Waals surface area contributed by atoms with Crippen LogP contribution in [0.15, 0.2) is 23.1 Å². The van der Waals surface area contributed by atoms with E-state index in [2.05, 4.69) is 5.32 Å². The minimum Gasteiger partial charge on any atom is -0.394 e. The number of halogens is 1. The Morgan fingerprint density at radius 2 is 1.81 bits per heavy atom. The first-order chi connectivity index (χ1) is 17.6. The van der Waals surface area contributed by atoms with Gasteiger partial charge in [0.25, 0.3) is 5.91 Å². The van der Waals surface area contributed by atoms with E-state index in [4.69, 9.17) is 4.74 Å². The molecular formula is C24H31FN4O8. The number of hydrogen-bond acceptors (Lipinski definition) is 9. The average molecular weight is 523 g/mol. The smallest absolute Gasteiger partial charge is 0.257 e. The molecule has 5 atom stereocenters. The van der Waals surface area contributed by atoms with Gasteiger partial charge in [0.05, 0.1) is 17.8 Å². The van der Waals surface area contributed by atoms with Crippen LogP contribution in [0, 0.1) is 5.82 Å². The normalized spacial score (nSPS) is 26.4. The van der Waals surface area contributed by atoms with Crippen LogP contribution in [0.4, 0.5) is 10.1 Å². The van der Waals surface area contributed by atoms with Gasteiger partial charge in [-0.3, -0.25) is 14.4 Å². The number of rotatable bonds is 5. The summed E-state index contributed by atoms with van der Waals surface area (Å²) in [5, 5.41) is 42.0. The van der Waals surface area contributed by atoms with Crippen LogP contribution in [-0.4, -0.2) is 105 Å². The molecule has 2 aliphatic rings. The molecule has 1 aromatic heterocycles. The van der Waals surface area contributed by atoms with Crippen molar-refractivity contribution in [3.05, 3.63) is 39.9 Å². The molecule has 2 amide bonds. The van der Waals surface area contributed by atoms with E-state index in [9.17, 15) is 34.8 Å². The Hall–Kier alpha value is -3.10. The van der Waals surface area contributed by atoms with Gasteiger partial charge in [-0.15, -0.1) is 0 Å². The van der Waals surface area contributed by atoms with Gasteiger partial charge in [0, 0.05) is 51.2 Å². The van der Waals surface area contributed by atoms with Crippen molar-refractivity contribution in [2.75, 3.05) is 37.7 Å². The van der Waals surface area contributed by atoms with Crippen LogP contribution in [-0.2, 0) is 16.1 Å².